The normalized spacial score (nSPS) is 20.6. The lowest BCUT2D eigenvalue weighted by atomic mass is 10.1. The van der Waals surface area contributed by atoms with Crippen LogP contribution in [0.1, 0.15) is 18.1 Å². The van der Waals surface area contributed by atoms with Gasteiger partial charge in [0.25, 0.3) is 0 Å². The van der Waals surface area contributed by atoms with E-state index >= 15 is 0 Å². The van der Waals surface area contributed by atoms with Gasteiger partial charge in [-0.3, -0.25) is 0 Å². The molecule has 1 heterocycles. The molecule has 0 N–H and O–H groups in total. The van der Waals surface area contributed by atoms with Crippen molar-refractivity contribution in [2.45, 2.75) is 19.1 Å². The number of nitrogens with zero attached hydrogens (tertiary/aromatic N) is 2. The summed E-state index contributed by atoms with van der Waals surface area (Å²) >= 11 is 2.03. The van der Waals surface area contributed by atoms with E-state index in [0.717, 1.165) is 24.2 Å². The van der Waals surface area contributed by atoms with Crippen molar-refractivity contribution < 1.29 is 0 Å². The number of aryl methyl sites for hydroxylation is 1. The van der Waals surface area contributed by atoms with Crippen LogP contribution in [0.15, 0.2) is 18.2 Å². The summed E-state index contributed by atoms with van der Waals surface area (Å²) in [6.45, 7) is 6.49. The van der Waals surface area contributed by atoms with E-state index in [1.807, 2.05) is 24.8 Å². The maximum atomic E-state index is 8.89. The molecular formula is C13H16N2S. The van der Waals surface area contributed by atoms with E-state index in [1.165, 1.54) is 11.4 Å². The lowest BCUT2D eigenvalue weighted by molar-refractivity contribution is 0.782. The maximum absolute atomic E-state index is 8.89. The molecular weight excluding hydrogens is 216 g/mol. The van der Waals surface area contributed by atoms with Gasteiger partial charge in [0.15, 0.2) is 0 Å². The zero-order valence-electron chi connectivity index (χ0n) is 9.73. The van der Waals surface area contributed by atoms with Gasteiger partial charge in [0.1, 0.15) is 0 Å². The van der Waals surface area contributed by atoms with E-state index < -0.39 is 0 Å². The minimum absolute atomic E-state index is 0.699. The second kappa shape index (κ2) is 4.80. The Bertz CT molecular complexity index is 422. The first-order chi connectivity index (χ1) is 7.70. The predicted molar refractivity (Wildman–Crippen MR) is 70.0 cm³/mol. The van der Waals surface area contributed by atoms with Crippen LogP contribution in [0.4, 0.5) is 5.69 Å². The molecule has 1 aliphatic heterocycles. The van der Waals surface area contributed by atoms with E-state index in [1.54, 1.807) is 0 Å². The minimum Gasteiger partial charge on any atom is -0.370 e. The van der Waals surface area contributed by atoms with Gasteiger partial charge in [0.05, 0.1) is 11.6 Å². The largest absolute Gasteiger partial charge is 0.370 e. The van der Waals surface area contributed by atoms with Crippen molar-refractivity contribution in [3.05, 3.63) is 29.3 Å². The van der Waals surface area contributed by atoms with Crippen molar-refractivity contribution in [1.29, 1.82) is 5.26 Å². The van der Waals surface area contributed by atoms with Gasteiger partial charge in [-0.2, -0.15) is 17.0 Å². The molecule has 1 fully saturated rings. The first-order valence-corrected chi connectivity index (χ1v) is 6.63. The van der Waals surface area contributed by atoms with Crippen LogP contribution < -0.4 is 4.90 Å². The number of hydrogen-bond acceptors (Lipinski definition) is 3. The Morgan fingerprint density at radius 3 is 2.94 bits per heavy atom. The Morgan fingerprint density at radius 1 is 1.50 bits per heavy atom. The molecule has 1 atom stereocenters. The molecule has 1 aromatic carbocycles. The molecule has 1 aliphatic rings. The number of benzene rings is 1. The second-order valence-corrected chi connectivity index (χ2v) is 5.78. The Hall–Kier alpha value is -1.14. The first-order valence-electron chi connectivity index (χ1n) is 5.58. The fourth-order valence-corrected chi connectivity index (χ4v) is 3.04. The molecule has 1 aromatic rings. The number of hydrogen-bond donors (Lipinski definition) is 0. The summed E-state index contributed by atoms with van der Waals surface area (Å²) in [6.07, 6.45) is 0. The van der Waals surface area contributed by atoms with E-state index in [9.17, 15) is 0 Å². The topological polar surface area (TPSA) is 27.0 Å². The molecule has 2 rings (SSSR count). The summed E-state index contributed by atoms with van der Waals surface area (Å²) in [6, 6.07) is 8.33. The van der Waals surface area contributed by atoms with E-state index in [0.29, 0.717) is 5.25 Å². The molecule has 1 unspecified atom stereocenters. The zero-order valence-corrected chi connectivity index (χ0v) is 10.5. The monoisotopic (exact) mass is 232 g/mol. The zero-order chi connectivity index (χ0) is 11.5. The number of nitriles is 1. The van der Waals surface area contributed by atoms with Crippen LogP contribution in [-0.4, -0.2) is 24.1 Å². The lowest BCUT2D eigenvalue weighted by Gasteiger charge is -2.32. The summed E-state index contributed by atoms with van der Waals surface area (Å²) in [5.41, 5.74) is 3.11. The smallest absolute Gasteiger partial charge is 0.0994 e. The molecule has 16 heavy (non-hydrogen) atoms. The SMILES string of the molecule is Cc1cc(N2CCSC(C)C2)ccc1C#N. The molecule has 2 nitrogen and oxygen atoms in total. The van der Waals surface area contributed by atoms with Crippen LogP contribution in [0.2, 0.25) is 0 Å². The third-order valence-electron chi connectivity index (χ3n) is 2.94. The van der Waals surface area contributed by atoms with Gasteiger partial charge in [-0.15, -0.1) is 0 Å². The summed E-state index contributed by atoms with van der Waals surface area (Å²) < 4.78 is 0. The Morgan fingerprint density at radius 2 is 2.31 bits per heavy atom. The van der Waals surface area contributed by atoms with Crippen LogP contribution in [0.3, 0.4) is 0 Å². The number of rotatable bonds is 1. The molecule has 3 heteroatoms. The molecule has 0 amide bonds. The van der Waals surface area contributed by atoms with Crippen LogP contribution in [0, 0.1) is 18.3 Å². The van der Waals surface area contributed by atoms with Crippen molar-refractivity contribution in [3.8, 4) is 6.07 Å². The first kappa shape index (κ1) is 11.3. The highest BCUT2D eigenvalue weighted by Gasteiger charge is 2.17. The molecule has 0 aromatic heterocycles. The highest BCUT2D eigenvalue weighted by Crippen LogP contribution is 2.25. The molecule has 0 aliphatic carbocycles. The Balaban J connectivity index is 2.21. The highest BCUT2D eigenvalue weighted by molar-refractivity contribution is 8.00. The second-order valence-electron chi connectivity index (χ2n) is 4.24. The van der Waals surface area contributed by atoms with E-state index in [4.69, 9.17) is 5.26 Å². The predicted octanol–water partition coefficient (Wildman–Crippen LogP) is 2.81. The van der Waals surface area contributed by atoms with E-state index in [-0.39, 0.29) is 0 Å². The fourth-order valence-electron chi connectivity index (χ4n) is 2.02. The molecule has 0 radical (unpaired) electrons. The van der Waals surface area contributed by atoms with Gasteiger partial charge >= 0.3 is 0 Å². The molecule has 84 valence electrons. The van der Waals surface area contributed by atoms with Crippen LogP contribution in [0.25, 0.3) is 0 Å². The molecule has 1 saturated heterocycles. The van der Waals surface area contributed by atoms with Gasteiger partial charge in [0.2, 0.25) is 0 Å². The molecule has 0 bridgehead atoms. The van der Waals surface area contributed by atoms with Crippen LogP contribution in [-0.2, 0) is 0 Å². The van der Waals surface area contributed by atoms with Crippen molar-refractivity contribution in [2.75, 3.05) is 23.7 Å². The lowest BCUT2D eigenvalue weighted by Crippen LogP contribution is -2.36. The van der Waals surface area contributed by atoms with Crippen LogP contribution >= 0.6 is 11.8 Å². The average molecular weight is 232 g/mol. The summed E-state index contributed by atoms with van der Waals surface area (Å²) in [5.74, 6) is 1.19. The molecule has 0 saturated carbocycles. The minimum atomic E-state index is 0.699. The summed E-state index contributed by atoms with van der Waals surface area (Å²) in [5, 5.41) is 9.59. The van der Waals surface area contributed by atoms with Gasteiger partial charge in [-0.1, -0.05) is 6.92 Å². The third kappa shape index (κ3) is 2.33. The van der Waals surface area contributed by atoms with Crippen molar-refractivity contribution >= 4 is 17.4 Å². The number of thioether (sulfide) groups is 1. The van der Waals surface area contributed by atoms with Gasteiger partial charge in [-0.25, -0.2) is 0 Å². The number of anilines is 1. The summed E-state index contributed by atoms with van der Waals surface area (Å²) in [7, 11) is 0. The quantitative estimate of drug-likeness (QED) is 0.745. The standard InChI is InChI=1S/C13H16N2S/c1-10-7-13(4-3-12(10)8-14)15-5-6-16-11(2)9-15/h3-4,7,11H,5-6,9H2,1-2H3. The van der Waals surface area contributed by atoms with Crippen molar-refractivity contribution in [1.82, 2.24) is 0 Å². The fraction of sp³-hybridized carbons (Fsp3) is 0.462. The third-order valence-corrected chi connectivity index (χ3v) is 4.07. The maximum Gasteiger partial charge on any atom is 0.0994 e. The van der Waals surface area contributed by atoms with Gasteiger partial charge in [-0.05, 0) is 30.7 Å². The highest BCUT2D eigenvalue weighted by atomic mass is 32.2. The Labute approximate surface area is 101 Å². The average Bonchev–Trinajstić information content (AvgIpc) is 2.29. The summed E-state index contributed by atoms with van der Waals surface area (Å²) in [4.78, 5) is 2.41. The van der Waals surface area contributed by atoms with Crippen molar-refractivity contribution in [3.63, 3.8) is 0 Å². The van der Waals surface area contributed by atoms with Crippen LogP contribution in [0.5, 0.6) is 0 Å². The van der Waals surface area contributed by atoms with Gasteiger partial charge in [0, 0.05) is 29.8 Å². The van der Waals surface area contributed by atoms with E-state index in [2.05, 4.69) is 30.0 Å². The molecule has 0 spiro atoms. The van der Waals surface area contributed by atoms with Crippen molar-refractivity contribution in [2.24, 2.45) is 0 Å². The Kier molecular flexibility index (Phi) is 3.40. The van der Waals surface area contributed by atoms with Gasteiger partial charge < -0.3 is 4.90 Å².